The van der Waals surface area contributed by atoms with E-state index in [0.717, 1.165) is 17.1 Å². The fourth-order valence-electron chi connectivity index (χ4n) is 7.82. The molecule has 2 heteroatoms. The van der Waals surface area contributed by atoms with Gasteiger partial charge in [0.05, 0.1) is 0 Å². The molecule has 10 rings (SSSR count). The highest BCUT2D eigenvalue weighted by molar-refractivity contribution is 7.26. The van der Waals surface area contributed by atoms with Crippen molar-refractivity contribution in [3.05, 3.63) is 212 Å². The van der Waals surface area contributed by atoms with Crippen molar-refractivity contribution in [2.45, 2.75) is 0 Å². The van der Waals surface area contributed by atoms with Crippen LogP contribution in [0.15, 0.2) is 212 Å². The highest BCUT2D eigenvalue weighted by Gasteiger charge is 2.18. The summed E-state index contributed by atoms with van der Waals surface area (Å²) in [5.41, 5.74) is 12.9. The Labute approximate surface area is 319 Å². The van der Waals surface area contributed by atoms with Gasteiger partial charge in [-0.1, -0.05) is 164 Å². The molecule has 0 fully saturated rings. The second kappa shape index (κ2) is 13.7. The summed E-state index contributed by atoms with van der Waals surface area (Å²) < 4.78 is 2.67. The molecule has 0 radical (unpaired) electrons. The van der Waals surface area contributed by atoms with E-state index in [9.17, 15) is 0 Å². The maximum absolute atomic E-state index is 2.41. The average molecular weight is 706 g/mol. The molecule has 1 heterocycles. The van der Waals surface area contributed by atoms with Crippen LogP contribution >= 0.6 is 11.3 Å². The summed E-state index contributed by atoms with van der Waals surface area (Å²) in [7, 11) is 0. The minimum Gasteiger partial charge on any atom is -0.310 e. The Kier molecular flexibility index (Phi) is 8.09. The van der Waals surface area contributed by atoms with E-state index < -0.39 is 0 Å². The monoisotopic (exact) mass is 705 g/mol. The summed E-state index contributed by atoms with van der Waals surface area (Å²) in [5.74, 6) is 0. The van der Waals surface area contributed by atoms with E-state index >= 15 is 0 Å². The summed E-state index contributed by atoms with van der Waals surface area (Å²) in [6, 6.07) is 77.1. The lowest BCUT2D eigenvalue weighted by Gasteiger charge is -2.27. The number of thiophene rings is 1. The summed E-state index contributed by atoms with van der Waals surface area (Å²) >= 11 is 1.89. The molecule has 254 valence electrons. The number of anilines is 3. The van der Waals surface area contributed by atoms with Crippen molar-refractivity contribution in [2.75, 3.05) is 4.90 Å². The third kappa shape index (κ3) is 5.84. The molecule has 1 aromatic heterocycles. The number of benzene rings is 9. The average Bonchev–Trinajstić information content (AvgIpc) is 3.64. The predicted octanol–water partition coefficient (Wildman–Crippen LogP) is 15.3. The molecule has 9 aromatic carbocycles. The van der Waals surface area contributed by atoms with Crippen molar-refractivity contribution < 1.29 is 0 Å². The van der Waals surface area contributed by atoms with Gasteiger partial charge in [-0.25, -0.2) is 0 Å². The molecule has 0 aliphatic heterocycles. The minimum atomic E-state index is 1.10. The van der Waals surface area contributed by atoms with Crippen LogP contribution in [0.1, 0.15) is 0 Å². The van der Waals surface area contributed by atoms with Gasteiger partial charge in [0, 0.05) is 42.6 Å². The maximum Gasteiger partial charge on any atom is 0.0473 e. The lowest BCUT2D eigenvalue weighted by Crippen LogP contribution is -2.10. The van der Waals surface area contributed by atoms with Gasteiger partial charge >= 0.3 is 0 Å². The molecule has 0 saturated heterocycles. The molecule has 0 aliphatic rings. The summed E-state index contributed by atoms with van der Waals surface area (Å²) in [4.78, 5) is 2.41. The van der Waals surface area contributed by atoms with Crippen molar-refractivity contribution in [2.24, 2.45) is 0 Å². The van der Waals surface area contributed by atoms with E-state index in [0.29, 0.717) is 0 Å². The molecule has 54 heavy (non-hydrogen) atoms. The van der Waals surface area contributed by atoms with Crippen molar-refractivity contribution in [3.8, 4) is 44.5 Å². The van der Waals surface area contributed by atoms with E-state index in [1.54, 1.807) is 0 Å². The molecule has 0 saturated carbocycles. The van der Waals surface area contributed by atoms with Gasteiger partial charge < -0.3 is 4.90 Å². The molecule has 0 aliphatic carbocycles. The number of fused-ring (bicyclic) bond motifs is 5. The van der Waals surface area contributed by atoms with E-state index in [1.165, 1.54) is 75.5 Å². The quantitative estimate of drug-likeness (QED) is 0.160. The number of hydrogen-bond acceptors (Lipinski definition) is 2. The largest absolute Gasteiger partial charge is 0.310 e. The molecule has 10 aromatic rings. The first kappa shape index (κ1) is 32.0. The Bertz CT molecular complexity index is 2850. The van der Waals surface area contributed by atoms with Gasteiger partial charge in [-0.05, 0) is 98.4 Å². The van der Waals surface area contributed by atoms with E-state index in [1.807, 2.05) is 11.3 Å². The summed E-state index contributed by atoms with van der Waals surface area (Å²) in [6.07, 6.45) is 0. The number of nitrogens with zero attached hydrogens (tertiary/aromatic N) is 1. The first-order chi connectivity index (χ1) is 26.8. The summed E-state index contributed by atoms with van der Waals surface area (Å²) in [6.45, 7) is 0. The van der Waals surface area contributed by atoms with Gasteiger partial charge in [0.2, 0.25) is 0 Å². The van der Waals surface area contributed by atoms with Gasteiger partial charge in [0.15, 0.2) is 0 Å². The SMILES string of the molecule is c1ccc(-c2cccc(N(c3ccc(-c4cccc5ccc6c7ccccc7sc6c45)cc3)c3cc(-c4ccccc4)cc(-c4ccccc4)c3)c2)cc1. The third-order valence-corrected chi connectivity index (χ3v) is 11.6. The molecule has 0 amide bonds. The Hall–Kier alpha value is -6.74. The molecule has 0 N–H and O–H groups in total. The van der Waals surface area contributed by atoms with Crippen LogP contribution in [-0.4, -0.2) is 0 Å². The zero-order valence-corrected chi connectivity index (χ0v) is 30.4. The van der Waals surface area contributed by atoms with Crippen LogP contribution in [0.5, 0.6) is 0 Å². The van der Waals surface area contributed by atoms with Gasteiger partial charge in [0.25, 0.3) is 0 Å². The van der Waals surface area contributed by atoms with E-state index in [-0.39, 0.29) is 0 Å². The Morgan fingerprint density at radius 3 is 1.57 bits per heavy atom. The van der Waals surface area contributed by atoms with Crippen molar-refractivity contribution in [3.63, 3.8) is 0 Å². The van der Waals surface area contributed by atoms with E-state index in [4.69, 9.17) is 0 Å². The maximum atomic E-state index is 2.41. The molecule has 0 bridgehead atoms. The number of hydrogen-bond donors (Lipinski definition) is 0. The van der Waals surface area contributed by atoms with Crippen LogP contribution in [0.4, 0.5) is 17.1 Å². The van der Waals surface area contributed by atoms with Crippen LogP contribution in [0, 0.1) is 0 Å². The standard InChI is InChI=1S/C52H35NS/c1-4-14-36(15-5-1)41-21-12-22-45(33-41)53(46-34-42(37-16-6-2-7-17-37)32-43(35-46)38-18-8-3-9-19-38)44-29-26-39(27-30-44)47-24-13-20-40-28-31-49-48-23-10-11-25-50(48)54-52(49)51(40)47/h1-35H. The Balaban J connectivity index is 1.16. The molecule has 0 spiro atoms. The molecular formula is C52H35NS. The first-order valence-electron chi connectivity index (χ1n) is 18.4. The smallest absolute Gasteiger partial charge is 0.0473 e. The highest BCUT2D eigenvalue weighted by Crippen LogP contribution is 2.44. The second-order valence-corrected chi connectivity index (χ2v) is 14.8. The van der Waals surface area contributed by atoms with Gasteiger partial charge in [-0.3, -0.25) is 0 Å². The van der Waals surface area contributed by atoms with Crippen molar-refractivity contribution >= 4 is 59.3 Å². The van der Waals surface area contributed by atoms with Crippen LogP contribution in [0.2, 0.25) is 0 Å². The van der Waals surface area contributed by atoms with Crippen LogP contribution in [0.3, 0.4) is 0 Å². The normalized spacial score (nSPS) is 11.3. The van der Waals surface area contributed by atoms with Gasteiger partial charge in [-0.2, -0.15) is 0 Å². The predicted molar refractivity (Wildman–Crippen MR) is 233 cm³/mol. The van der Waals surface area contributed by atoms with Gasteiger partial charge in [0.1, 0.15) is 0 Å². The third-order valence-electron chi connectivity index (χ3n) is 10.4. The topological polar surface area (TPSA) is 3.24 Å². The van der Waals surface area contributed by atoms with Crippen LogP contribution in [-0.2, 0) is 0 Å². The molecule has 0 unspecified atom stereocenters. The van der Waals surface area contributed by atoms with Crippen LogP contribution < -0.4 is 4.90 Å². The molecular weight excluding hydrogens is 671 g/mol. The van der Waals surface area contributed by atoms with Crippen molar-refractivity contribution in [1.82, 2.24) is 0 Å². The zero-order valence-electron chi connectivity index (χ0n) is 29.6. The van der Waals surface area contributed by atoms with Crippen molar-refractivity contribution in [1.29, 1.82) is 0 Å². The highest BCUT2D eigenvalue weighted by atomic mass is 32.1. The fraction of sp³-hybridized carbons (Fsp3) is 0. The summed E-state index contributed by atoms with van der Waals surface area (Å²) in [5, 5.41) is 5.23. The Morgan fingerprint density at radius 1 is 0.315 bits per heavy atom. The zero-order chi connectivity index (χ0) is 35.8. The first-order valence-corrected chi connectivity index (χ1v) is 19.2. The minimum absolute atomic E-state index is 1.10. The number of rotatable bonds is 7. The van der Waals surface area contributed by atoms with Gasteiger partial charge in [-0.15, -0.1) is 11.3 Å². The lowest BCUT2D eigenvalue weighted by molar-refractivity contribution is 1.28. The fourth-order valence-corrected chi connectivity index (χ4v) is 9.09. The lowest BCUT2D eigenvalue weighted by atomic mass is 9.95. The van der Waals surface area contributed by atoms with E-state index in [2.05, 4.69) is 217 Å². The van der Waals surface area contributed by atoms with Crippen LogP contribution in [0.25, 0.3) is 75.5 Å². The second-order valence-electron chi connectivity index (χ2n) is 13.7. The molecule has 0 atom stereocenters. The molecule has 1 nitrogen and oxygen atoms in total. The Morgan fingerprint density at radius 2 is 0.889 bits per heavy atom.